The maximum absolute atomic E-state index is 12.6. The third-order valence-corrected chi connectivity index (χ3v) is 8.23. The highest BCUT2D eigenvalue weighted by Crippen LogP contribution is 2.24. The summed E-state index contributed by atoms with van der Waals surface area (Å²) in [5, 5.41) is 4.66. The lowest BCUT2D eigenvalue weighted by Gasteiger charge is -2.33. The van der Waals surface area contributed by atoms with E-state index in [4.69, 9.17) is 0 Å². The van der Waals surface area contributed by atoms with Crippen molar-refractivity contribution in [2.24, 2.45) is 0 Å². The molecular weight excluding hydrogens is 346 g/mol. The highest BCUT2D eigenvalue weighted by Gasteiger charge is 2.36. The molecular formula is C16H25N3O3S2. The van der Waals surface area contributed by atoms with Crippen LogP contribution in [0.25, 0.3) is 0 Å². The van der Waals surface area contributed by atoms with Gasteiger partial charge in [-0.25, -0.2) is 17.5 Å². The van der Waals surface area contributed by atoms with E-state index in [0.29, 0.717) is 45.6 Å². The Kier molecular flexibility index (Phi) is 5.46. The fourth-order valence-electron chi connectivity index (χ4n) is 3.37. The summed E-state index contributed by atoms with van der Waals surface area (Å²) in [5.74, 6) is 0. The molecule has 3 heterocycles. The van der Waals surface area contributed by atoms with Gasteiger partial charge in [-0.05, 0) is 49.6 Å². The number of carbonyl (C=O) groups excluding carboxylic acids is 1. The molecule has 2 fully saturated rings. The van der Waals surface area contributed by atoms with Crippen molar-refractivity contribution in [3.05, 3.63) is 21.9 Å². The SMILES string of the molecule is Cc1csc(CNC(=O)N2CCC(S(=O)(=O)N3CCCC3)CC2)c1. The molecule has 6 nitrogen and oxygen atoms in total. The van der Waals surface area contributed by atoms with Gasteiger partial charge in [0.15, 0.2) is 0 Å². The molecule has 0 unspecified atom stereocenters. The second kappa shape index (κ2) is 7.41. The van der Waals surface area contributed by atoms with Crippen molar-refractivity contribution < 1.29 is 13.2 Å². The summed E-state index contributed by atoms with van der Waals surface area (Å²) in [6.45, 7) is 4.89. The van der Waals surface area contributed by atoms with Crippen LogP contribution in [0.4, 0.5) is 4.79 Å². The molecule has 3 rings (SSSR count). The topological polar surface area (TPSA) is 69.7 Å². The second-order valence-corrected chi connectivity index (χ2v) is 9.80. The Balaban J connectivity index is 1.48. The van der Waals surface area contributed by atoms with Crippen LogP contribution in [0.2, 0.25) is 0 Å². The van der Waals surface area contributed by atoms with Crippen LogP contribution < -0.4 is 5.32 Å². The minimum Gasteiger partial charge on any atom is -0.333 e. The summed E-state index contributed by atoms with van der Waals surface area (Å²) in [4.78, 5) is 15.1. The Morgan fingerprint density at radius 3 is 2.50 bits per heavy atom. The van der Waals surface area contributed by atoms with Crippen LogP contribution in [0.15, 0.2) is 11.4 Å². The quantitative estimate of drug-likeness (QED) is 0.882. The number of aryl methyl sites for hydroxylation is 1. The lowest BCUT2D eigenvalue weighted by Crippen LogP contribution is -2.48. The first-order valence-electron chi connectivity index (χ1n) is 8.52. The van der Waals surface area contributed by atoms with Gasteiger partial charge in [-0.1, -0.05) is 0 Å². The Bertz CT molecular complexity index is 672. The van der Waals surface area contributed by atoms with Crippen LogP contribution in [0.1, 0.15) is 36.1 Å². The maximum Gasteiger partial charge on any atom is 0.317 e. The predicted octanol–water partition coefficient (Wildman–Crippen LogP) is 2.16. The first-order valence-corrected chi connectivity index (χ1v) is 10.9. The van der Waals surface area contributed by atoms with Crippen molar-refractivity contribution in [3.8, 4) is 0 Å². The Morgan fingerprint density at radius 1 is 1.25 bits per heavy atom. The number of rotatable bonds is 4. The van der Waals surface area contributed by atoms with E-state index in [1.165, 1.54) is 5.56 Å². The van der Waals surface area contributed by atoms with Gasteiger partial charge in [0.2, 0.25) is 10.0 Å². The molecule has 24 heavy (non-hydrogen) atoms. The van der Waals surface area contributed by atoms with Gasteiger partial charge in [0.05, 0.1) is 11.8 Å². The second-order valence-electron chi connectivity index (χ2n) is 6.59. The molecule has 134 valence electrons. The number of hydrogen-bond acceptors (Lipinski definition) is 4. The van der Waals surface area contributed by atoms with Crippen LogP contribution in [0, 0.1) is 6.92 Å². The lowest BCUT2D eigenvalue weighted by molar-refractivity contribution is 0.186. The summed E-state index contributed by atoms with van der Waals surface area (Å²) in [5.41, 5.74) is 1.21. The van der Waals surface area contributed by atoms with Gasteiger partial charge in [-0.3, -0.25) is 0 Å². The number of nitrogens with one attached hydrogen (secondary N) is 1. The number of amides is 2. The molecule has 8 heteroatoms. The standard InChI is InChI=1S/C16H25N3O3S2/c1-13-10-14(23-12-13)11-17-16(20)18-8-4-15(5-9-18)24(21,22)19-6-2-3-7-19/h10,12,15H,2-9,11H2,1H3,(H,17,20). The number of likely N-dealkylation sites (tertiary alicyclic amines) is 1. The number of thiophene rings is 1. The Hall–Kier alpha value is -1.12. The number of piperidine rings is 1. The van der Waals surface area contributed by atoms with Gasteiger partial charge >= 0.3 is 6.03 Å². The summed E-state index contributed by atoms with van der Waals surface area (Å²) >= 11 is 1.64. The first kappa shape index (κ1) is 17.7. The molecule has 2 aliphatic rings. The van der Waals surface area contributed by atoms with Crippen LogP contribution in [-0.4, -0.2) is 55.1 Å². The van der Waals surface area contributed by atoms with Crippen LogP contribution in [-0.2, 0) is 16.6 Å². The van der Waals surface area contributed by atoms with E-state index >= 15 is 0 Å². The largest absolute Gasteiger partial charge is 0.333 e. The summed E-state index contributed by atoms with van der Waals surface area (Å²) in [7, 11) is -3.19. The summed E-state index contributed by atoms with van der Waals surface area (Å²) in [6.07, 6.45) is 2.99. The Labute approximate surface area is 147 Å². The molecule has 2 aliphatic heterocycles. The van der Waals surface area contributed by atoms with E-state index in [1.807, 2.05) is 6.92 Å². The van der Waals surface area contributed by atoms with Gasteiger partial charge in [0.25, 0.3) is 0 Å². The van der Waals surface area contributed by atoms with Crippen LogP contribution in [0.5, 0.6) is 0 Å². The lowest BCUT2D eigenvalue weighted by atomic mass is 10.1. The van der Waals surface area contributed by atoms with Crippen LogP contribution >= 0.6 is 11.3 Å². The molecule has 2 saturated heterocycles. The van der Waals surface area contributed by atoms with Crippen molar-refractivity contribution in [3.63, 3.8) is 0 Å². The minimum absolute atomic E-state index is 0.0990. The van der Waals surface area contributed by atoms with Gasteiger partial charge in [0, 0.05) is 31.1 Å². The molecule has 0 aliphatic carbocycles. The minimum atomic E-state index is -3.19. The monoisotopic (exact) mass is 371 g/mol. The van der Waals surface area contributed by atoms with Crippen molar-refractivity contribution in [1.82, 2.24) is 14.5 Å². The van der Waals surface area contributed by atoms with Gasteiger partial charge < -0.3 is 10.2 Å². The van der Waals surface area contributed by atoms with E-state index in [-0.39, 0.29) is 11.3 Å². The number of hydrogen-bond donors (Lipinski definition) is 1. The van der Waals surface area contributed by atoms with E-state index < -0.39 is 10.0 Å². The molecule has 0 atom stereocenters. The highest BCUT2D eigenvalue weighted by molar-refractivity contribution is 7.89. The van der Waals surface area contributed by atoms with Crippen molar-refractivity contribution >= 4 is 27.4 Å². The zero-order valence-electron chi connectivity index (χ0n) is 14.0. The van der Waals surface area contributed by atoms with Gasteiger partial charge in [0.1, 0.15) is 0 Å². The van der Waals surface area contributed by atoms with Gasteiger partial charge in [-0.2, -0.15) is 0 Å². The fraction of sp³-hybridized carbons (Fsp3) is 0.688. The zero-order valence-corrected chi connectivity index (χ0v) is 15.7. The van der Waals surface area contributed by atoms with Crippen molar-refractivity contribution in [2.75, 3.05) is 26.2 Å². The van der Waals surface area contributed by atoms with E-state index in [2.05, 4.69) is 16.8 Å². The van der Waals surface area contributed by atoms with Crippen molar-refractivity contribution in [2.45, 2.75) is 44.4 Å². The summed E-state index contributed by atoms with van der Waals surface area (Å²) < 4.78 is 26.8. The fourth-order valence-corrected chi connectivity index (χ4v) is 6.18. The number of urea groups is 1. The average molecular weight is 372 g/mol. The molecule has 1 aromatic heterocycles. The number of nitrogens with zero attached hydrogens (tertiary/aromatic N) is 2. The smallest absolute Gasteiger partial charge is 0.317 e. The van der Waals surface area contributed by atoms with E-state index in [1.54, 1.807) is 20.5 Å². The average Bonchev–Trinajstić information content (AvgIpc) is 3.24. The zero-order chi connectivity index (χ0) is 17.2. The third kappa shape index (κ3) is 3.92. The molecule has 0 saturated carbocycles. The first-order chi connectivity index (χ1) is 11.5. The maximum atomic E-state index is 12.6. The molecule has 1 N–H and O–H groups in total. The van der Waals surface area contributed by atoms with Gasteiger partial charge in [-0.15, -0.1) is 11.3 Å². The normalized spacial score (nSPS) is 20.5. The predicted molar refractivity (Wildman–Crippen MR) is 95.6 cm³/mol. The molecule has 0 bridgehead atoms. The molecule has 2 amide bonds. The molecule has 0 spiro atoms. The number of sulfonamides is 1. The molecule has 0 radical (unpaired) electrons. The third-order valence-electron chi connectivity index (χ3n) is 4.77. The van der Waals surface area contributed by atoms with E-state index in [9.17, 15) is 13.2 Å². The highest BCUT2D eigenvalue weighted by atomic mass is 32.2. The Morgan fingerprint density at radius 2 is 1.92 bits per heavy atom. The van der Waals surface area contributed by atoms with Crippen molar-refractivity contribution in [1.29, 1.82) is 0 Å². The van der Waals surface area contributed by atoms with Crippen LogP contribution in [0.3, 0.4) is 0 Å². The summed E-state index contributed by atoms with van der Waals surface area (Å²) in [6, 6.07) is 1.97. The number of carbonyl (C=O) groups is 1. The molecule has 1 aromatic rings. The molecule has 0 aromatic carbocycles. The van der Waals surface area contributed by atoms with E-state index in [0.717, 1.165) is 17.7 Å².